The Morgan fingerprint density at radius 1 is 1.00 bits per heavy atom. The van der Waals surface area contributed by atoms with Gasteiger partial charge in [0.25, 0.3) is 0 Å². The SMILES string of the molecule is C=CCOC(=O)CNC(=O)OCC1c2ccccc2-c2ccccc21. The molecule has 1 N–H and O–H groups in total. The lowest BCUT2D eigenvalue weighted by atomic mass is 9.98. The lowest BCUT2D eigenvalue weighted by Crippen LogP contribution is -2.32. The Labute approximate surface area is 146 Å². The maximum absolute atomic E-state index is 11.8. The van der Waals surface area contributed by atoms with E-state index in [1.165, 1.54) is 17.2 Å². The highest BCUT2D eigenvalue weighted by atomic mass is 16.6. The Hall–Kier alpha value is -3.08. The molecule has 1 aliphatic carbocycles. The third-order valence-electron chi connectivity index (χ3n) is 4.08. The number of benzene rings is 2. The van der Waals surface area contributed by atoms with E-state index >= 15 is 0 Å². The van der Waals surface area contributed by atoms with Crippen molar-refractivity contribution < 1.29 is 19.1 Å². The number of hydrogen-bond acceptors (Lipinski definition) is 4. The van der Waals surface area contributed by atoms with Crippen molar-refractivity contribution in [3.63, 3.8) is 0 Å². The first-order chi connectivity index (χ1) is 12.2. The highest BCUT2D eigenvalue weighted by Gasteiger charge is 2.28. The maximum atomic E-state index is 11.8. The van der Waals surface area contributed by atoms with Crippen LogP contribution in [0.2, 0.25) is 0 Å². The van der Waals surface area contributed by atoms with Crippen LogP contribution in [0.3, 0.4) is 0 Å². The molecule has 0 spiro atoms. The van der Waals surface area contributed by atoms with Gasteiger partial charge in [0.15, 0.2) is 0 Å². The summed E-state index contributed by atoms with van der Waals surface area (Å²) in [5.74, 6) is -0.542. The first kappa shape index (κ1) is 16.8. The minimum atomic E-state index is -0.641. The van der Waals surface area contributed by atoms with E-state index in [9.17, 15) is 9.59 Å². The summed E-state index contributed by atoms with van der Waals surface area (Å²) in [5.41, 5.74) is 4.61. The molecule has 0 heterocycles. The van der Waals surface area contributed by atoms with Crippen LogP contribution >= 0.6 is 0 Å². The number of carbonyl (C=O) groups is 2. The van der Waals surface area contributed by atoms with Crippen molar-refractivity contribution >= 4 is 12.1 Å². The average Bonchev–Trinajstić information content (AvgIpc) is 2.97. The number of carbonyl (C=O) groups excluding carboxylic acids is 2. The molecule has 0 bridgehead atoms. The second kappa shape index (κ2) is 7.66. The van der Waals surface area contributed by atoms with Gasteiger partial charge in [0.1, 0.15) is 19.8 Å². The lowest BCUT2D eigenvalue weighted by molar-refractivity contribution is -0.141. The zero-order valence-corrected chi connectivity index (χ0v) is 13.7. The van der Waals surface area contributed by atoms with Crippen molar-refractivity contribution in [2.24, 2.45) is 0 Å². The number of esters is 1. The Morgan fingerprint density at radius 3 is 2.20 bits per heavy atom. The van der Waals surface area contributed by atoms with Gasteiger partial charge in [-0.15, -0.1) is 0 Å². The fourth-order valence-electron chi connectivity index (χ4n) is 3.00. The van der Waals surface area contributed by atoms with E-state index in [0.29, 0.717) is 0 Å². The van der Waals surface area contributed by atoms with Crippen molar-refractivity contribution in [1.29, 1.82) is 0 Å². The molecular weight excluding hydrogens is 318 g/mol. The monoisotopic (exact) mass is 337 g/mol. The number of rotatable bonds is 6. The molecule has 2 aromatic carbocycles. The van der Waals surface area contributed by atoms with Crippen molar-refractivity contribution in [2.45, 2.75) is 5.92 Å². The van der Waals surface area contributed by atoms with Crippen LogP contribution in [0.5, 0.6) is 0 Å². The number of nitrogens with one attached hydrogen (secondary N) is 1. The molecule has 5 nitrogen and oxygen atoms in total. The first-order valence-corrected chi connectivity index (χ1v) is 8.06. The number of hydrogen-bond donors (Lipinski definition) is 1. The van der Waals surface area contributed by atoms with Gasteiger partial charge in [0.05, 0.1) is 0 Å². The lowest BCUT2D eigenvalue weighted by Gasteiger charge is -2.14. The minimum absolute atomic E-state index is 0.00846. The fraction of sp³-hybridized carbons (Fsp3) is 0.200. The summed E-state index contributed by atoms with van der Waals surface area (Å²) in [7, 11) is 0. The van der Waals surface area contributed by atoms with Gasteiger partial charge in [-0.2, -0.15) is 0 Å². The normalized spacial score (nSPS) is 12.0. The van der Waals surface area contributed by atoms with Gasteiger partial charge in [0.2, 0.25) is 0 Å². The van der Waals surface area contributed by atoms with Gasteiger partial charge < -0.3 is 14.8 Å². The van der Waals surface area contributed by atoms with Crippen LogP contribution in [-0.4, -0.2) is 31.8 Å². The van der Waals surface area contributed by atoms with Crippen LogP contribution < -0.4 is 5.32 Å². The van der Waals surface area contributed by atoms with Crippen molar-refractivity contribution in [3.05, 3.63) is 72.3 Å². The molecule has 1 aliphatic rings. The van der Waals surface area contributed by atoms with Gasteiger partial charge >= 0.3 is 12.1 Å². The molecule has 128 valence electrons. The van der Waals surface area contributed by atoms with Crippen LogP contribution in [0.25, 0.3) is 11.1 Å². The zero-order chi connectivity index (χ0) is 17.6. The van der Waals surface area contributed by atoms with Crippen LogP contribution in [0.1, 0.15) is 17.0 Å². The zero-order valence-electron chi connectivity index (χ0n) is 13.7. The molecule has 25 heavy (non-hydrogen) atoms. The third-order valence-corrected chi connectivity index (χ3v) is 4.08. The number of amides is 1. The van der Waals surface area contributed by atoms with E-state index in [2.05, 4.69) is 24.0 Å². The Morgan fingerprint density at radius 2 is 1.60 bits per heavy atom. The summed E-state index contributed by atoms with van der Waals surface area (Å²) in [6.07, 6.45) is 0.822. The molecule has 2 aromatic rings. The van der Waals surface area contributed by atoms with E-state index in [-0.39, 0.29) is 25.7 Å². The highest BCUT2D eigenvalue weighted by Crippen LogP contribution is 2.44. The third kappa shape index (κ3) is 3.71. The van der Waals surface area contributed by atoms with Gasteiger partial charge in [-0.1, -0.05) is 61.2 Å². The summed E-state index contributed by atoms with van der Waals surface area (Å²) >= 11 is 0. The Bertz CT molecular complexity index is 754. The van der Waals surface area contributed by atoms with Crippen LogP contribution in [0.4, 0.5) is 4.79 Å². The molecule has 0 radical (unpaired) electrons. The molecule has 0 aliphatic heterocycles. The van der Waals surface area contributed by atoms with Gasteiger partial charge in [-0.05, 0) is 22.3 Å². The standard InChI is InChI=1S/C20H19NO4/c1-2-11-24-19(22)12-21-20(23)25-13-18-16-9-5-3-7-14(16)15-8-4-6-10-17(15)18/h2-10,18H,1,11-13H2,(H,21,23). The van der Waals surface area contributed by atoms with Gasteiger partial charge in [0, 0.05) is 5.92 Å². The highest BCUT2D eigenvalue weighted by molar-refractivity contribution is 5.80. The predicted molar refractivity (Wildman–Crippen MR) is 94.2 cm³/mol. The van der Waals surface area contributed by atoms with E-state index in [4.69, 9.17) is 9.47 Å². The Balaban J connectivity index is 1.61. The average molecular weight is 337 g/mol. The molecular formula is C20H19NO4. The fourth-order valence-corrected chi connectivity index (χ4v) is 3.00. The molecule has 0 unspecified atom stereocenters. The molecule has 0 saturated carbocycles. The molecule has 0 saturated heterocycles. The van der Waals surface area contributed by atoms with E-state index in [0.717, 1.165) is 11.1 Å². The molecule has 0 atom stereocenters. The maximum Gasteiger partial charge on any atom is 0.407 e. The molecule has 0 aromatic heterocycles. The van der Waals surface area contributed by atoms with Crippen LogP contribution in [0, 0.1) is 0 Å². The largest absolute Gasteiger partial charge is 0.460 e. The topological polar surface area (TPSA) is 64.6 Å². The summed E-state index contributed by atoms with van der Waals surface area (Å²) in [4.78, 5) is 23.2. The second-order valence-corrected chi connectivity index (χ2v) is 5.65. The van der Waals surface area contributed by atoms with Crippen LogP contribution in [0.15, 0.2) is 61.2 Å². The smallest absolute Gasteiger partial charge is 0.407 e. The van der Waals surface area contributed by atoms with E-state index < -0.39 is 12.1 Å². The van der Waals surface area contributed by atoms with Gasteiger partial charge in [-0.3, -0.25) is 4.79 Å². The first-order valence-electron chi connectivity index (χ1n) is 8.06. The molecule has 1 amide bonds. The molecule has 5 heteroatoms. The summed E-state index contributed by atoms with van der Waals surface area (Å²) in [6, 6.07) is 16.2. The van der Waals surface area contributed by atoms with Crippen molar-refractivity contribution in [3.8, 4) is 11.1 Å². The van der Waals surface area contributed by atoms with Crippen molar-refractivity contribution in [1.82, 2.24) is 5.32 Å². The number of ether oxygens (including phenoxy) is 2. The summed E-state index contributed by atoms with van der Waals surface area (Å²) in [6.45, 7) is 3.54. The molecule has 0 fully saturated rings. The quantitative estimate of drug-likeness (QED) is 0.649. The number of fused-ring (bicyclic) bond motifs is 3. The second-order valence-electron chi connectivity index (χ2n) is 5.65. The minimum Gasteiger partial charge on any atom is -0.460 e. The van der Waals surface area contributed by atoms with E-state index in [1.54, 1.807) is 0 Å². The predicted octanol–water partition coefficient (Wildman–Crippen LogP) is 3.25. The van der Waals surface area contributed by atoms with Crippen LogP contribution in [-0.2, 0) is 14.3 Å². The van der Waals surface area contributed by atoms with E-state index in [1.807, 2.05) is 36.4 Å². The number of alkyl carbamates (subject to hydrolysis) is 1. The Kier molecular flexibility index (Phi) is 5.14. The van der Waals surface area contributed by atoms with Crippen molar-refractivity contribution in [2.75, 3.05) is 19.8 Å². The van der Waals surface area contributed by atoms with Gasteiger partial charge in [-0.25, -0.2) is 4.79 Å². The summed E-state index contributed by atoms with van der Waals surface area (Å²) < 4.78 is 10.1. The molecule has 3 rings (SSSR count). The summed E-state index contributed by atoms with van der Waals surface area (Å²) in [5, 5.41) is 2.39.